The molecule has 10 heteroatoms. The highest BCUT2D eigenvalue weighted by molar-refractivity contribution is 7.99. The van der Waals surface area contributed by atoms with E-state index in [1.807, 2.05) is 11.5 Å². The predicted molar refractivity (Wildman–Crippen MR) is 102 cm³/mol. The van der Waals surface area contributed by atoms with Crippen LogP contribution in [0.5, 0.6) is 0 Å². The van der Waals surface area contributed by atoms with Crippen molar-refractivity contribution >= 4 is 23.6 Å². The molecule has 1 fully saturated rings. The third kappa shape index (κ3) is 4.79. The van der Waals surface area contributed by atoms with Gasteiger partial charge in [-0.25, -0.2) is 8.78 Å². The molecule has 1 amide bonds. The zero-order valence-electron chi connectivity index (χ0n) is 15.8. The SMILES string of the molecule is CCn1c(SCC(=O)N[C@@H](C)c2ccc(F)cc2F)nnc1N1CCOCC1. The van der Waals surface area contributed by atoms with Crippen LogP contribution in [0.3, 0.4) is 0 Å². The van der Waals surface area contributed by atoms with Crippen LogP contribution >= 0.6 is 11.8 Å². The fourth-order valence-electron chi connectivity index (χ4n) is 3.01. The Hall–Kier alpha value is -2.20. The number of nitrogens with one attached hydrogen (secondary N) is 1. The molecule has 1 aromatic carbocycles. The molecular weight excluding hydrogens is 388 g/mol. The number of benzene rings is 1. The van der Waals surface area contributed by atoms with Gasteiger partial charge >= 0.3 is 0 Å². The van der Waals surface area contributed by atoms with Crippen molar-refractivity contribution in [1.29, 1.82) is 0 Å². The average Bonchev–Trinajstić information content (AvgIpc) is 3.09. The Kier molecular flexibility index (Phi) is 6.84. The average molecular weight is 411 g/mol. The standard InChI is InChI=1S/C18H23F2N5O2S/c1-3-25-17(24-6-8-27-9-7-24)22-23-18(25)28-11-16(26)21-12(2)14-5-4-13(19)10-15(14)20/h4-5,10,12H,3,6-9,11H2,1-2H3,(H,21,26)/t12-/m0/s1. The lowest BCUT2D eigenvalue weighted by Gasteiger charge is -2.27. The highest BCUT2D eigenvalue weighted by atomic mass is 32.2. The maximum Gasteiger partial charge on any atom is 0.230 e. The number of nitrogens with zero attached hydrogens (tertiary/aromatic N) is 4. The number of hydrogen-bond donors (Lipinski definition) is 1. The summed E-state index contributed by atoms with van der Waals surface area (Å²) in [6.45, 7) is 7.15. The molecule has 0 spiro atoms. The topological polar surface area (TPSA) is 72.3 Å². The van der Waals surface area contributed by atoms with E-state index >= 15 is 0 Å². The number of carbonyl (C=O) groups is 1. The Balaban J connectivity index is 1.59. The van der Waals surface area contributed by atoms with E-state index in [0.29, 0.717) is 24.9 Å². The molecule has 2 aromatic rings. The third-order valence-electron chi connectivity index (χ3n) is 4.45. The van der Waals surface area contributed by atoms with Gasteiger partial charge in [-0.15, -0.1) is 10.2 Å². The second-order valence-corrected chi connectivity index (χ2v) is 7.31. The third-order valence-corrected chi connectivity index (χ3v) is 5.41. The van der Waals surface area contributed by atoms with E-state index in [9.17, 15) is 13.6 Å². The first kappa shape index (κ1) is 20.5. The van der Waals surface area contributed by atoms with Gasteiger partial charge in [-0.3, -0.25) is 9.36 Å². The van der Waals surface area contributed by atoms with E-state index in [1.54, 1.807) is 6.92 Å². The molecule has 152 valence electrons. The summed E-state index contributed by atoms with van der Waals surface area (Å²) in [6, 6.07) is 2.75. The summed E-state index contributed by atoms with van der Waals surface area (Å²) < 4.78 is 34.2. The van der Waals surface area contributed by atoms with Crippen LogP contribution in [0.4, 0.5) is 14.7 Å². The van der Waals surface area contributed by atoms with Crippen LogP contribution in [0.15, 0.2) is 23.4 Å². The summed E-state index contributed by atoms with van der Waals surface area (Å²) in [5.41, 5.74) is 0.242. The van der Waals surface area contributed by atoms with Gasteiger partial charge in [0.2, 0.25) is 11.9 Å². The molecule has 0 unspecified atom stereocenters. The number of anilines is 1. The van der Waals surface area contributed by atoms with Crippen LogP contribution in [-0.4, -0.2) is 52.7 Å². The Labute approximate surface area is 166 Å². The van der Waals surface area contributed by atoms with Crippen molar-refractivity contribution in [3.8, 4) is 0 Å². The fraction of sp³-hybridized carbons (Fsp3) is 0.500. The molecular formula is C18H23F2N5O2S. The minimum absolute atomic E-state index is 0.119. The van der Waals surface area contributed by atoms with Gasteiger partial charge in [0.25, 0.3) is 0 Å². The summed E-state index contributed by atoms with van der Waals surface area (Å²) in [5.74, 6) is -0.698. The molecule has 0 radical (unpaired) electrons. The fourth-order valence-corrected chi connectivity index (χ4v) is 3.81. The molecule has 0 saturated carbocycles. The van der Waals surface area contributed by atoms with Crippen LogP contribution in [-0.2, 0) is 16.1 Å². The maximum absolute atomic E-state index is 13.8. The largest absolute Gasteiger partial charge is 0.378 e. The highest BCUT2D eigenvalue weighted by Gasteiger charge is 2.21. The first-order valence-electron chi connectivity index (χ1n) is 9.12. The molecule has 1 atom stereocenters. The number of thioether (sulfide) groups is 1. The van der Waals surface area contributed by atoms with Gasteiger partial charge < -0.3 is 15.0 Å². The monoisotopic (exact) mass is 411 g/mol. The van der Waals surface area contributed by atoms with Crippen molar-refractivity contribution in [3.63, 3.8) is 0 Å². The smallest absolute Gasteiger partial charge is 0.230 e. The van der Waals surface area contributed by atoms with Gasteiger partial charge in [0.1, 0.15) is 11.6 Å². The van der Waals surface area contributed by atoms with Gasteiger partial charge in [-0.1, -0.05) is 17.8 Å². The molecule has 3 rings (SSSR count). The molecule has 7 nitrogen and oxygen atoms in total. The predicted octanol–water partition coefficient (Wildman–Crippen LogP) is 2.38. The zero-order chi connectivity index (χ0) is 20.1. The van der Waals surface area contributed by atoms with E-state index < -0.39 is 17.7 Å². The minimum Gasteiger partial charge on any atom is -0.378 e. The van der Waals surface area contributed by atoms with Gasteiger partial charge in [-0.05, 0) is 19.9 Å². The van der Waals surface area contributed by atoms with E-state index in [4.69, 9.17) is 4.74 Å². The van der Waals surface area contributed by atoms with E-state index in [1.165, 1.54) is 23.9 Å². The molecule has 28 heavy (non-hydrogen) atoms. The van der Waals surface area contributed by atoms with Gasteiger partial charge in [-0.2, -0.15) is 0 Å². The van der Waals surface area contributed by atoms with E-state index in [0.717, 1.165) is 25.1 Å². The normalized spacial score (nSPS) is 15.5. The Bertz CT molecular complexity index is 826. The summed E-state index contributed by atoms with van der Waals surface area (Å²) in [4.78, 5) is 14.4. The lowest BCUT2D eigenvalue weighted by Crippen LogP contribution is -2.38. The van der Waals surface area contributed by atoms with Crippen LogP contribution < -0.4 is 10.2 Å². The second-order valence-electron chi connectivity index (χ2n) is 6.37. The lowest BCUT2D eigenvalue weighted by molar-refractivity contribution is -0.119. The van der Waals surface area contributed by atoms with Crippen LogP contribution in [0, 0.1) is 11.6 Å². The molecule has 0 bridgehead atoms. The summed E-state index contributed by atoms with van der Waals surface area (Å²) >= 11 is 1.27. The molecule has 1 N–H and O–H groups in total. The van der Waals surface area contributed by atoms with Crippen molar-refractivity contribution in [3.05, 3.63) is 35.4 Å². The maximum atomic E-state index is 13.8. The van der Waals surface area contributed by atoms with Crippen molar-refractivity contribution in [2.45, 2.75) is 31.6 Å². The number of rotatable bonds is 7. The quantitative estimate of drug-likeness (QED) is 0.706. The molecule has 2 heterocycles. The van der Waals surface area contributed by atoms with Crippen molar-refractivity contribution < 1.29 is 18.3 Å². The first-order chi connectivity index (χ1) is 13.5. The number of morpholine rings is 1. The Morgan fingerprint density at radius 1 is 1.32 bits per heavy atom. The second kappa shape index (κ2) is 9.33. The summed E-state index contributed by atoms with van der Waals surface area (Å²) in [6.07, 6.45) is 0. The number of halogens is 2. The lowest BCUT2D eigenvalue weighted by atomic mass is 10.1. The Morgan fingerprint density at radius 2 is 2.07 bits per heavy atom. The van der Waals surface area contributed by atoms with Crippen molar-refractivity contribution in [2.24, 2.45) is 0 Å². The number of hydrogen-bond acceptors (Lipinski definition) is 6. The first-order valence-corrected chi connectivity index (χ1v) is 10.1. The van der Waals surface area contributed by atoms with Gasteiger partial charge in [0.15, 0.2) is 5.16 Å². The van der Waals surface area contributed by atoms with Crippen LogP contribution in [0.1, 0.15) is 25.5 Å². The molecule has 0 aliphatic carbocycles. The van der Waals surface area contributed by atoms with Gasteiger partial charge in [0, 0.05) is 31.3 Å². The number of carbonyl (C=O) groups excluding carboxylic acids is 1. The van der Waals surface area contributed by atoms with E-state index in [-0.39, 0.29) is 17.2 Å². The molecule has 1 aromatic heterocycles. The number of aromatic nitrogens is 3. The highest BCUT2D eigenvalue weighted by Crippen LogP contribution is 2.23. The van der Waals surface area contributed by atoms with Crippen molar-refractivity contribution in [1.82, 2.24) is 20.1 Å². The summed E-state index contributed by atoms with van der Waals surface area (Å²) in [7, 11) is 0. The van der Waals surface area contributed by atoms with Crippen LogP contribution in [0.25, 0.3) is 0 Å². The number of amides is 1. The molecule has 1 saturated heterocycles. The molecule has 1 aliphatic heterocycles. The zero-order valence-corrected chi connectivity index (χ0v) is 16.6. The van der Waals surface area contributed by atoms with Crippen molar-refractivity contribution in [2.75, 3.05) is 37.0 Å². The van der Waals surface area contributed by atoms with Crippen LogP contribution in [0.2, 0.25) is 0 Å². The molecule has 1 aliphatic rings. The Morgan fingerprint density at radius 3 is 2.75 bits per heavy atom. The summed E-state index contributed by atoms with van der Waals surface area (Å²) in [5, 5.41) is 11.9. The number of ether oxygens (including phenoxy) is 1. The minimum atomic E-state index is -0.679. The van der Waals surface area contributed by atoms with Gasteiger partial charge in [0.05, 0.1) is 25.0 Å². The van der Waals surface area contributed by atoms with E-state index in [2.05, 4.69) is 20.4 Å².